The van der Waals surface area contributed by atoms with Crippen molar-refractivity contribution >= 4 is 21.8 Å². The number of aromatic nitrogens is 2. The molecule has 2 rings (SSSR count). The van der Waals surface area contributed by atoms with Crippen molar-refractivity contribution in [1.82, 2.24) is 15.1 Å². The van der Waals surface area contributed by atoms with Crippen molar-refractivity contribution < 1.29 is 4.79 Å². The van der Waals surface area contributed by atoms with E-state index in [9.17, 15) is 4.79 Å². The van der Waals surface area contributed by atoms with Crippen LogP contribution in [0.25, 0.3) is 5.69 Å². The number of benzene rings is 1. The molecule has 1 heterocycles. The Morgan fingerprint density at radius 2 is 2.05 bits per heavy atom. The Bertz CT molecular complexity index is 604. The van der Waals surface area contributed by atoms with Crippen molar-refractivity contribution in [2.45, 2.75) is 26.8 Å². The van der Waals surface area contributed by atoms with Gasteiger partial charge in [-0.2, -0.15) is 5.10 Å². The summed E-state index contributed by atoms with van der Waals surface area (Å²) in [6, 6.07) is 9.67. The lowest BCUT2D eigenvalue weighted by atomic mass is 10.3. The average Bonchev–Trinajstić information content (AvgIpc) is 2.71. The lowest BCUT2D eigenvalue weighted by molar-refractivity contribution is 0.0937. The second-order valence-corrected chi connectivity index (χ2v) is 5.52. The highest BCUT2D eigenvalue weighted by Gasteiger charge is 2.14. The fourth-order valence-electron chi connectivity index (χ4n) is 1.79. The van der Waals surface area contributed by atoms with Crippen molar-refractivity contribution in [1.29, 1.82) is 0 Å². The van der Waals surface area contributed by atoms with Gasteiger partial charge < -0.3 is 5.32 Å². The third-order valence-electron chi connectivity index (χ3n) is 2.62. The molecular weight excluding hydrogens is 306 g/mol. The lowest BCUT2D eigenvalue weighted by Gasteiger charge is -2.07. The number of hydrogen-bond donors (Lipinski definition) is 1. The molecular formula is C14H16BrN3O. The van der Waals surface area contributed by atoms with Crippen LogP contribution in [0.15, 0.2) is 34.8 Å². The number of hydrogen-bond acceptors (Lipinski definition) is 2. The van der Waals surface area contributed by atoms with E-state index in [0.29, 0.717) is 5.69 Å². The molecule has 100 valence electrons. The molecule has 0 aliphatic rings. The summed E-state index contributed by atoms with van der Waals surface area (Å²) in [5, 5.41) is 7.21. The van der Waals surface area contributed by atoms with Crippen LogP contribution in [-0.2, 0) is 0 Å². The van der Waals surface area contributed by atoms with E-state index in [1.165, 1.54) is 0 Å². The molecule has 0 spiro atoms. The van der Waals surface area contributed by atoms with Crippen molar-refractivity contribution in [3.63, 3.8) is 0 Å². The van der Waals surface area contributed by atoms with Crippen molar-refractivity contribution in [3.05, 3.63) is 46.2 Å². The first-order valence-corrected chi connectivity index (χ1v) is 6.91. The van der Waals surface area contributed by atoms with Gasteiger partial charge in [0, 0.05) is 16.2 Å². The maximum Gasteiger partial charge on any atom is 0.271 e. The standard InChI is InChI=1S/C14H16BrN3O/c1-9(2)16-14(19)12-8-10(3)18(17-12)13-7-5-4-6-11(13)15/h4-9H,1-3H3,(H,16,19). The molecule has 2 aromatic rings. The zero-order valence-corrected chi connectivity index (χ0v) is 12.7. The number of aryl methyl sites for hydroxylation is 1. The van der Waals surface area contributed by atoms with Gasteiger partial charge in [-0.15, -0.1) is 0 Å². The smallest absolute Gasteiger partial charge is 0.271 e. The number of nitrogens with zero attached hydrogens (tertiary/aromatic N) is 2. The van der Waals surface area contributed by atoms with E-state index in [1.54, 1.807) is 10.7 Å². The van der Waals surface area contributed by atoms with E-state index < -0.39 is 0 Å². The van der Waals surface area contributed by atoms with Crippen LogP contribution in [0.2, 0.25) is 0 Å². The molecule has 0 atom stereocenters. The first-order chi connectivity index (χ1) is 8.99. The van der Waals surface area contributed by atoms with E-state index in [1.807, 2.05) is 45.0 Å². The van der Waals surface area contributed by atoms with Gasteiger partial charge in [-0.25, -0.2) is 4.68 Å². The summed E-state index contributed by atoms with van der Waals surface area (Å²) in [5.41, 5.74) is 2.27. The summed E-state index contributed by atoms with van der Waals surface area (Å²) < 4.78 is 2.70. The molecule has 0 saturated heterocycles. The van der Waals surface area contributed by atoms with Crippen LogP contribution in [-0.4, -0.2) is 21.7 Å². The normalized spacial score (nSPS) is 10.8. The zero-order valence-electron chi connectivity index (χ0n) is 11.1. The van der Waals surface area contributed by atoms with E-state index in [-0.39, 0.29) is 11.9 Å². The van der Waals surface area contributed by atoms with Gasteiger partial charge in [-0.3, -0.25) is 4.79 Å². The Hall–Kier alpha value is -1.62. The van der Waals surface area contributed by atoms with Crippen LogP contribution in [0.4, 0.5) is 0 Å². The second kappa shape index (κ2) is 5.57. The molecule has 0 bridgehead atoms. The SMILES string of the molecule is Cc1cc(C(=O)NC(C)C)nn1-c1ccccc1Br. The minimum atomic E-state index is -0.149. The van der Waals surface area contributed by atoms with Gasteiger partial charge in [0.15, 0.2) is 5.69 Å². The summed E-state index contributed by atoms with van der Waals surface area (Å²) in [6.07, 6.45) is 0. The number of para-hydroxylation sites is 1. The molecule has 0 fully saturated rings. The maximum absolute atomic E-state index is 11.9. The maximum atomic E-state index is 11.9. The molecule has 0 aliphatic carbocycles. The van der Waals surface area contributed by atoms with Gasteiger partial charge >= 0.3 is 0 Å². The van der Waals surface area contributed by atoms with Crippen molar-refractivity contribution in [3.8, 4) is 5.69 Å². The quantitative estimate of drug-likeness (QED) is 0.944. The topological polar surface area (TPSA) is 46.9 Å². The fraction of sp³-hybridized carbons (Fsp3) is 0.286. The van der Waals surface area contributed by atoms with Gasteiger partial charge in [0.2, 0.25) is 0 Å². The number of nitrogens with one attached hydrogen (secondary N) is 1. The molecule has 4 nitrogen and oxygen atoms in total. The van der Waals surface area contributed by atoms with Crippen LogP contribution in [0.3, 0.4) is 0 Å². The van der Waals surface area contributed by atoms with Crippen LogP contribution < -0.4 is 5.32 Å². The first-order valence-electron chi connectivity index (χ1n) is 6.11. The highest BCUT2D eigenvalue weighted by atomic mass is 79.9. The third kappa shape index (κ3) is 3.04. The van der Waals surface area contributed by atoms with Crippen LogP contribution in [0.5, 0.6) is 0 Å². The van der Waals surface area contributed by atoms with Gasteiger partial charge in [-0.05, 0) is 54.9 Å². The molecule has 5 heteroatoms. The molecule has 0 unspecified atom stereocenters. The summed E-state index contributed by atoms with van der Waals surface area (Å²) in [7, 11) is 0. The van der Waals surface area contributed by atoms with Gasteiger partial charge in [0.05, 0.1) is 5.69 Å². The number of amides is 1. The average molecular weight is 322 g/mol. The molecule has 1 N–H and O–H groups in total. The number of halogens is 1. The van der Waals surface area contributed by atoms with Crippen molar-refractivity contribution in [2.75, 3.05) is 0 Å². The van der Waals surface area contributed by atoms with Crippen molar-refractivity contribution in [2.24, 2.45) is 0 Å². The Morgan fingerprint density at radius 3 is 2.68 bits per heavy atom. The summed E-state index contributed by atoms with van der Waals surface area (Å²) in [5.74, 6) is -0.149. The second-order valence-electron chi connectivity index (χ2n) is 4.66. The lowest BCUT2D eigenvalue weighted by Crippen LogP contribution is -2.30. The fourth-order valence-corrected chi connectivity index (χ4v) is 2.24. The zero-order chi connectivity index (χ0) is 14.0. The molecule has 1 aromatic heterocycles. The van der Waals surface area contributed by atoms with E-state index in [4.69, 9.17) is 0 Å². The number of carbonyl (C=O) groups is 1. The van der Waals surface area contributed by atoms with Crippen LogP contribution in [0.1, 0.15) is 30.0 Å². The summed E-state index contributed by atoms with van der Waals surface area (Å²) in [4.78, 5) is 11.9. The van der Waals surface area contributed by atoms with E-state index in [2.05, 4.69) is 26.3 Å². The van der Waals surface area contributed by atoms with Gasteiger partial charge in [-0.1, -0.05) is 12.1 Å². The molecule has 0 aliphatic heterocycles. The molecule has 1 aromatic carbocycles. The van der Waals surface area contributed by atoms with Crippen LogP contribution in [0, 0.1) is 6.92 Å². The first kappa shape index (κ1) is 13.8. The highest BCUT2D eigenvalue weighted by Crippen LogP contribution is 2.21. The Morgan fingerprint density at radius 1 is 1.37 bits per heavy atom. The highest BCUT2D eigenvalue weighted by molar-refractivity contribution is 9.10. The number of carbonyl (C=O) groups excluding carboxylic acids is 1. The number of rotatable bonds is 3. The monoisotopic (exact) mass is 321 g/mol. The molecule has 0 radical (unpaired) electrons. The Labute approximate surface area is 120 Å². The Kier molecular flexibility index (Phi) is 4.04. The summed E-state index contributed by atoms with van der Waals surface area (Å²) >= 11 is 3.49. The van der Waals surface area contributed by atoms with E-state index in [0.717, 1.165) is 15.9 Å². The summed E-state index contributed by atoms with van der Waals surface area (Å²) in [6.45, 7) is 5.78. The minimum Gasteiger partial charge on any atom is -0.348 e. The third-order valence-corrected chi connectivity index (χ3v) is 3.29. The molecule has 19 heavy (non-hydrogen) atoms. The van der Waals surface area contributed by atoms with Crippen LogP contribution >= 0.6 is 15.9 Å². The largest absolute Gasteiger partial charge is 0.348 e. The minimum absolute atomic E-state index is 0.0985. The Balaban J connectivity index is 2.37. The molecule has 1 amide bonds. The van der Waals surface area contributed by atoms with E-state index >= 15 is 0 Å². The predicted octanol–water partition coefficient (Wildman–Crippen LogP) is 3.08. The van der Waals surface area contributed by atoms with Gasteiger partial charge in [0.1, 0.15) is 0 Å². The van der Waals surface area contributed by atoms with Gasteiger partial charge in [0.25, 0.3) is 5.91 Å². The predicted molar refractivity (Wildman–Crippen MR) is 78.6 cm³/mol. The molecule has 0 saturated carbocycles.